The highest BCUT2D eigenvalue weighted by Crippen LogP contribution is 2.25. The fraction of sp³-hybridized carbons (Fsp3) is 0.538. The van der Waals surface area contributed by atoms with Crippen LogP contribution in [-0.2, 0) is 0 Å². The van der Waals surface area contributed by atoms with Crippen molar-refractivity contribution in [3.63, 3.8) is 0 Å². The maximum absolute atomic E-state index is 2.46. The van der Waals surface area contributed by atoms with Crippen LogP contribution in [-0.4, -0.2) is 43.5 Å². The number of piperazine rings is 1. The van der Waals surface area contributed by atoms with Crippen LogP contribution in [0, 0.1) is 6.92 Å². The second-order valence-corrected chi connectivity index (χ2v) is 4.62. The monoisotopic (exact) mass is 204 g/mol. The van der Waals surface area contributed by atoms with E-state index >= 15 is 0 Å². The lowest BCUT2D eigenvalue weighted by Gasteiger charge is -2.38. The van der Waals surface area contributed by atoms with Gasteiger partial charge in [0.05, 0.1) is 0 Å². The molecule has 2 nitrogen and oxygen atoms in total. The highest BCUT2D eigenvalue weighted by Gasteiger charge is 2.24. The van der Waals surface area contributed by atoms with Crippen LogP contribution in [0.4, 0.5) is 0 Å². The van der Waals surface area contributed by atoms with Gasteiger partial charge >= 0.3 is 0 Å². The minimum absolute atomic E-state index is 0.560. The topological polar surface area (TPSA) is 6.48 Å². The van der Waals surface area contributed by atoms with Gasteiger partial charge in [-0.3, -0.25) is 4.90 Å². The van der Waals surface area contributed by atoms with Crippen molar-refractivity contribution >= 4 is 0 Å². The van der Waals surface area contributed by atoms with Gasteiger partial charge in [-0.2, -0.15) is 0 Å². The van der Waals surface area contributed by atoms with E-state index in [2.05, 4.69) is 55.1 Å². The lowest BCUT2D eigenvalue weighted by atomic mass is 9.98. The molecule has 2 rings (SSSR count). The molecule has 0 spiro atoms. The Morgan fingerprint density at radius 3 is 2.60 bits per heavy atom. The summed E-state index contributed by atoms with van der Waals surface area (Å²) in [6.07, 6.45) is 0. The van der Waals surface area contributed by atoms with Gasteiger partial charge in [-0.1, -0.05) is 24.3 Å². The Morgan fingerprint density at radius 2 is 1.87 bits per heavy atom. The van der Waals surface area contributed by atoms with Crippen LogP contribution in [0.25, 0.3) is 0 Å². The van der Waals surface area contributed by atoms with Gasteiger partial charge in [0.25, 0.3) is 0 Å². The lowest BCUT2D eigenvalue weighted by Crippen LogP contribution is -2.44. The molecule has 1 atom stereocenters. The highest BCUT2D eigenvalue weighted by atomic mass is 15.3. The van der Waals surface area contributed by atoms with Crippen molar-refractivity contribution in [1.82, 2.24) is 9.80 Å². The zero-order chi connectivity index (χ0) is 10.8. The number of nitrogens with zero attached hydrogens (tertiary/aromatic N) is 2. The maximum Gasteiger partial charge on any atom is 0.0475 e. The normalized spacial score (nSPS) is 24.3. The molecule has 1 aromatic rings. The summed E-state index contributed by atoms with van der Waals surface area (Å²) in [5.74, 6) is 0. The Morgan fingerprint density at radius 1 is 1.13 bits per heavy atom. The van der Waals surface area contributed by atoms with Crippen molar-refractivity contribution < 1.29 is 0 Å². The molecule has 1 unspecified atom stereocenters. The van der Waals surface area contributed by atoms with Crippen molar-refractivity contribution in [1.29, 1.82) is 0 Å². The van der Waals surface area contributed by atoms with Gasteiger partial charge in [0.2, 0.25) is 0 Å². The van der Waals surface area contributed by atoms with Crippen molar-refractivity contribution in [2.45, 2.75) is 13.0 Å². The number of hydrogen-bond acceptors (Lipinski definition) is 2. The van der Waals surface area contributed by atoms with E-state index in [0.717, 1.165) is 13.1 Å². The molecule has 0 amide bonds. The van der Waals surface area contributed by atoms with Gasteiger partial charge in [-0.05, 0) is 32.1 Å². The highest BCUT2D eigenvalue weighted by molar-refractivity contribution is 5.29. The van der Waals surface area contributed by atoms with Crippen LogP contribution in [0.1, 0.15) is 17.2 Å². The standard InChI is InChI=1S/C13H20N2/c1-11-6-4-5-7-12(11)13-10-14(2)8-9-15(13)3/h4-7,13H,8-10H2,1-3H3. The van der Waals surface area contributed by atoms with E-state index in [1.165, 1.54) is 17.7 Å². The van der Waals surface area contributed by atoms with Gasteiger partial charge < -0.3 is 4.90 Å². The number of benzene rings is 1. The first-order valence-corrected chi connectivity index (χ1v) is 5.63. The first kappa shape index (κ1) is 10.7. The Hall–Kier alpha value is -0.860. The third-order valence-electron chi connectivity index (χ3n) is 3.40. The second-order valence-electron chi connectivity index (χ2n) is 4.62. The van der Waals surface area contributed by atoms with Crippen molar-refractivity contribution in [3.8, 4) is 0 Å². The minimum Gasteiger partial charge on any atom is -0.303 e. The Labute approximate surface area is 92.5 Å². The van der Waals surface area contributed by atoms with Crippen molar-refractivity contribution in [2.75, 3.05) is 33.7 Å². The molecule has 1 aromatic carbocycles. The summed E-state index contributed by atoms with van der Waals surface area (Å²) in [6.45, 7) is 5.69. The summed E-state index contributed by atoms with van der Waals surface area (Å²) in [5, 5.41) is 0. The molecule has 2 heteroatoms. The zero-order valence-electron chi connectivity index (χ0n) is 9.90. The molecule has 1 saturated heterocycles. The SMILES string of the molecule is Cc1ccccc1C1CN(C)CCN1C. The smallest absolute Gasteiger partial charge is 0.0475 e. The fourth-order valence-corrected chi connectivity index (χ4v) is 2.31. The van der Waals surface area contributed by atoms with Gasteiger partial charge in [0.1, 0.15) is 0 Å². The summed E-state index contributed by atoms with van der Waals surface area (Å²) >= 11 is 0. The van der Waals surface area contributed by atoms with Gasteiger partial charge in [0.15, 0.2) is 0 Å². The molecule has 1 fully saturated rings. The van der Waals surface area contributed by atoms with Crippen LogP contribution in [0.2, 0.25) is 0 Å². The quantitative estimate of drug-likeness (QED) is 0.689. The summed E-state index contributed by atoms with van der Waals surface area (Å²) in [6, 6.07) is 9.29. The molecular weight excluding hydrogens is 184 g/mol. The van der Waals surface area contributed by atoms with Gasteiger partial charge in [0, 0.05) is 25.7 Å². The number of rotatable bonds is 1. The third-order valence-corrected chi connectivity index (χ3v) is 3.40. The van der Waals surface area contributed by atoms with Crippen LogP contribution in [0.5, 0.6) is 0 Å². The maximum atomic E-state index is 2.46. The number of likely N-dealkylation sites (N-methyl/N-ethyl adjacent to an activating group) is 2. The average Bonchev–Trinajstić information content (AvgIpc) is 2.23. The number of aryl methyl sites for hydroxylation is 1. The van der Waals surface area contributed by atoms with Crippen LogP contribution < -0.4 is 0 Å². The molecule has 0 radical (unpaired) electrons. The third kappa shape index (κ3) is 2.21. The molecule has 1 aliphatic heterocycles. The zero-order valence-corrected chi connectivity index (χ0v) is 9.90. The second kappa shape index (κ2) is 4.33. The van der Waals surface area contributed by atoms with Crippen molar-refractivity contribution in [3.05, 3.63) is 35.4 Å². The molecule has 0 bridgehead atoms. The molecule has 0 aliphatic carbocycles. The van der Waals surface area contributed by atoms with E-state index in [1.54, 1.807) is 0 Å². The summed E-state index contributed by atoms with van der Waals surface area (Å²) in [4.78, 5) is 4.87. The molecule has 0 N–H and O–H groups in total. The Bertz CT molecular complexity index is 335. The van der Waals surface area contributed by atoms with E-state index in [0.29, 0.717) is 6.04 Å². The molecule has 82 valence electrons. The Balaban J connectivity index is 2.25. The number of hydrogen-bond donors (Lipinski definition) is 0. The molecule has 0 aromatic heterocycles. The molecule has 1 heterocycles. The lowest BCUT2D eigenvalue weighted by molar-refractivity contribution is 0.114. The Kier molecular flexibility index (Phi) is 3.08. The van der Waals surface area contributed by atoms with E-state index in [4.69, 9.17) is 0 Å². The van der Waals surface area contributed by atoms with E-state index in [1.807, 2.05) is 0 Å². The van der Waals surface area contributed by atoms with E-state index < -0.39 is 0 Å². The van der Waals surface area contributed by atoms with Crippen molar-refractivity contribution in [2.24, 2.45) is 0 Å². The predicted octanol–water partition coefficient (Wildman–Crippen LogP) is 1.91. The molecule has 0 saturated carbocycles. The largest absolute Gasteiger partial charge is 0.303 e. The van der Waals surface area contributed by atoms with Crippen LogP contribution in [0.3, 0.4) is 0 Å². The predicted molar refractivity (Wildman–Crippen MR) is 64.0 cm³/mol. The summed E-state index contributed by atoms with van der Waals surface area (Å²) < 4.78 is 0. The summed E-state index contributed by atoms with van der Waals surface area (Å²) in [5.41, 5.74) is 2.89. The first-order valence-electron chi connectivity index (χ1n) is 5.63. The molecule has 1 aliphatic rings. The average molecular weight is 204 g/mol. The van der Waals surface area contributed by atoms with Crippen LogP contribution in [0.15, 0.2) is 24.3 Å². The minimum atomic E-state index is 0.560. The van der Waals surface area contributed by atoms with E-state index in [9.17, 15) is 0 Å². The molecule has 15 heavy (non-hydrogen) atoms. The van der Waals surface area contributed by atoms with Crippen LogP contribution >= 0.6 is 0 Å². The van der Waals surface area contributed by atoms with Gasteiger partial charge in [-0.15, -0.1) is 0 Å². The van der Waals surface area contributed by atoms with E-state index in [-0.39, 0.29) is 0 Å². The fourth-order valence-electron chi connectivity index (χ4n) is 2.31. The van der Waals surface area contributed by atoms with Gasteiger partial charge in [-0.25, -0.2) is 0 Å². The first-order chi connectivity index (χ1) is 7.18. The molecular formula is C13H20N2. The summed E-state index contributed by atoms with van der Waals surface area (Å²) in [7, 11) is 4.43.